The van der Waals surface area contributed by atoms with Crippen molar-refractivity contribution in [2.75, 3.05) is 0 Å². The SMILES string of the molecule is Cc1nn2c(C)cnc2cc1Cl. The third-order valence-electron chi connectivity index (χ3n) is 1.79. The van der Waals surface area contributed by atoms with Crippen LogP contribution in [0.25, 0.3) is 5.65 Å². The van der Waals surface area contributed by atoms with Gasteiger partial charge in [-0.25, -0.2) is 9.50 Å². The lowest BCUT2D eigenvalue weighted by Crippen LogP contribution is -1.96. The van der Waals surface area contributed by atoms with Gasteiger partial charge in [0.05, 0.1) is 22.6 Å². The van der Waals surface area contributed by atoms with Gasteiger partial charge in [-0.2, -0.15) is 5.10 Å². The molecule has 0 N–H and O–H groups in total. The second-order valence-corrected chi connectivity index (χ2v) is 3.15. The molecule has 0 aliphatic rings. The summed E-state index contributed by atoms with van der Waals surface area (Å²) in [5.74, 6) is 0. The van der Waals surface area contributed by atoms with Crippen LogP contribution in [0.15, 0.2) is 12.3 Å². The Hall–Kier alpha value is -1.09. The number of nitrogens with zero attached hydrogens (tertiary/aromatic N) is 3. The summed E-state index contributed by atoms with van der Waals surface area (Å²) in [5.41, 5.74) is 2.64. The molecule has 0 saturated heterocycles. The van der Waals surface area contributed by atoms with E-state index in [4.69, 9.17) is 11.6 Å². The highest BCUT2D eigenvalue weighted by Gasteiger charge is 2.03. The van der Waals surface area contributed by atoms with E-state index in [0.29, 0.717) is 5.02 Å². The third-order valence-corrected chi connectivity index (χ3v) is 2.17. The van der Waals surface area contributed by atoms with Crippen molar-refractivity contribution in [1.29, 1.82) is 0 Å². The van der Waals surface area contributed by atoms with Crippen LogP contribution < -0.4 is 0 Å². The zero-order valence-corrected chi connectivity index (χ0v) is 7.63. The molecule has 0 atom stereocenters. The molecule has 0 spiro atoms. The molecule has 0 aromatic carbocycles. The molecule has 3 nitrogen and oxygen atoms in total. The van der Waals surface area contributed by atoms with Gasteiger partial charge >= 0.3 is 0 Å². The number of hydrogen-bond acceptors (Lipinski definition) is 2. The molecule has 0 amide bonds. The molecule has 0 aliphatic heterocycles. The monoisotopic (exact) mass is 181 g/mol. The summed E-state index contributed by atoms with van der Waals surface area (Å²) in [6.07, 6.45) is 1.78. The quantitative estimate of drug-likeness (QED) is 0.622. The Morgan fingerprint density at radius 3 is 2.92 bits per heavy atom. The van der Waals surface area contributed by atoms with Crippen LogP contribution in [0.1, 0.15) is 11.4 Å². The predicted molar refractivity (Wildman–Crippen MR) is 47.5 cm³/mol. The fourth-order valence-electron chi connectivity index (χ4n) is 1.09. The van der Waals surface area contributed by atoms with Crippen molar-refractivity contribution in [2.45, 2.75) is 13.8 Å². The van der Waals surface area contributed by atoms with Crippen LogP contribution >= 0.6 is 11.6 Å². The van der Waals surface area contributed by atoms with Gasteiger partial charge in [0.25, 0.3) is 0 Å². The average molecular weight is 182 g/mol. The van der Waals surface area contributed by atoms with E-state index in [9.17, 15) is 0 Å². The lowest BCUT2D eigenvalue weighted by molar-refractivity contribution is 0.871. The average Bonchev–Trinajstić information content (AvgIpc) is 2.35. The van der Waals surface area contributed by atoms with Crippen molar-refractivity contribution in [3.8, 4) is 0 Å². The maximum absolute atomic E-state index is 5.88. The standard InChI is InChI=1S/C8H8ClN3/c1-5-4-10-8-3-7(9)6(2)11-12(5)8/h3-4H,1-2H3. The molecule has 4 heteroatoms. The zero-order valence-electron chi connectivity index (χ0n) is 6.87. The third kappa shape index (κ3) is 0.975. The molecule has 2 aromatic heterocycles. The number of imidazole rings is 1. The normalized spacial score (nSPS) is 10.9. The zero-order chi connectivity index (χ0) is 8.72. The highest BCUT2D eigenvalue weighted by molar-refractivity contribution is 6.31. The first kappa shape index (κ1) is 7.55. The van der Waals surface area contributed by atoms with E-state index < -0.39 is 0 Å². The Bertz CT molecular complexity index is 433. The van der Waals surface area contributed by atoms with E-state index in [0.717, 1.165) is 17.0 Å². The van der Waals surface area contributed by atoms with E-state index in [2.05, 4.69) is 10.1 Å². The smallest absolute Gasteiger partial charge is 0.155 e. The summed E-state index contributed by atoms with van der Waals surface area (Å²) in [4.78, 5) is 4.14. The van der Waals surface area contributed by atoms with Crippen LogP contribution in [0.4, 0.5) is 0 Å². The molecule has 62 valence electrons. The summed E-state index contributed by atoms with van der Waals surface area (Å²) in [6, 6.07) is 1.82. The maximum Gasteiger partial charge on any atom is 0.155 e. The Labute approximate surface area is 75.0 Å². The van der Waals surface area contributed by atoms with Crippen LogP contribution in [0.5, 0.6) is 0 Å². The summed E-state index contributed by atoms with van der Waals surface area (Å²) in [7, 11) is 0. The van der Waals surface area contributed by atoms with Crippen LogP contribution in [-0.4, -0.2) is 14.6 Å². The second kappa shape index (κ2) is 2.45. The van der Waals surface area contributed by atoms with E-state index in [1.54, 1.807) is 10.7 Å². The summed E-state index contributed by atoms with van der Waals surface area (Å²) in [6.45, 7) is 3.83. The van der Waals surface area contributed by atoms with Gasteiger partial charge in [-0.1, -0.05) is 11.6 Å². The van der Waals surface area contributed by atoms with Gasteiger partial charge in [-0.05, 0) is 13.8 Å². The summed E-state index contributed by atoms with van der Waals surface area (Å²) < 4.78 is 1.78. The van der Waals surface area contributed by atoms with Gasteiger partial charge < -0.3 is 0 Å². The lowest BCUT2D eigenvalue weighted by atomic mass is 10.4. The van der Waals surface area contributed by atoms with Crippen molar-refractivity contribution in [2.24, 2.45) is 0 Å². The van der Waals surface area contributed by atoms with E-state index in [-0.39, 0.29) is 0 Å². The van der Waals surface area contributed by atoms with Crippen LogP contribution in [-0.2, 0) is 0 Å². The largest absolute Gasteiger partial charge is 0.235 e. The van der Waals surface area contributed by atoms with Gasteiger partial charge in [0.1, 0.15) is 0 Å². The Morgan fingerprint density at radius 2 is 2.17 bits per heavy atom. The van der Waals surface area contributed by atoms with Crippen LogP contribution in [0, 0.1) is 13.8 Å². The highest BCUT2D eigenvalue weighted by Crippen LogP contribution is 2.14. The van der Waals surface area contributed by atoms with Gasteiger partial charge in [-0.3, -0.25) is 0 Å². The molecule has 0 unspecified atom stereocenters. The number of aryl methyl sites for hydroxylation is 2. The number of halogens is 1. The number of fused-ring (bicyclic) bond motifs is 1. The van der Waals surface area contributed by atoms with Crippen molar-refractivity contribution in [3.05, 3.63) is 28.7 Å². The fourth-order valence-corrected chi connectivity index (χ4v) is 1.23. The molecular weight excluding hydrogens is 174 g/mol. The minimum Gasteiger partial charge on any atom is -0.235 e. The lowest BCUT2D eigenvalue weighted by Gasteiger charge is -1.98. The molecule has 0 radical (unpaired) electrons. The Kier molecular flexibility index (Phi) is 1.54. The van der Waals surface area contributed by atoms with Crippen LogP contribution in [0.2, 0.25) is 5.02 Å². The van der Waals surface area contributed by atoms with E-state index in [1.165, 1.54) is 0 Å². The molecule has 2 aromatic rings. The van der Waals surface area contributed by atoms with Gasteiger partial charge in [0, 0.05) is 6.07 Å². The van der Waals surface area contributed by atoms with E-state index in [1.807, 2.05) is 19.9 Å². The van der Waals surface area contributed by atoms with Gasteiger partial charge in [-0.15, -0.1) is 0 Å². The predicted octanol–water partition coefficient (Wildman–Crippen LogP) is 2.00. The first-order valence-corrected chi connectivity index (χ1v) is 4.04. The minimum absolute atomic E-state index is 0.660. The topological polar surface area (TPSA) is 30.2 Å². The molecule has 2 rings (SSSR count). The first-order chi connectivity index (χ1) is 5.68. The van der Waals surface area contributed by atoms with Crippen molar-refractivity contribution in [1.82, 2.24) is 14.6 Å². The summed E-state index contributed by atoms with van der Waals surface area (Å²) >= 11 is 5.88. The number of rotatable bonds is 0. The Morgan fingerprint density at radius 1 is 1.42 bits per heavy atom. The van der Waals surface area contributed by atoms with Crippen molar-refractivity contribution < 1.29 is 0 Å². The second-order valence-electron chi connectivity index (χ2n) is 2.75. The number of aromatic nitrogens is 3. The van der Waals surface area contributed by atoms with Crippen molar-refractivity contribution in [3.63, 3.8) is 0 Å². The minimum atomic E-state index is 0.660. The van der Waals surface area contributed by atoms with Gasteiger partial charge in [0.15, 0.2) is 5.65 Å². The first-order valence-electron chi connectivity index (χ1n) is 3.66. The molecule has 0 aliphatic carbocycles. The molecular formula is C8H8ClN3. The van der Waals surface area contributed by atoms with Crippen molar-refractivity contribution >= 4 is 17.2 Å². The van der Waals surface area contributed by atoms with E-state index >= 15 is 0 Å². The molecule has 12 heavy (non-hydrogen) atoms. The molecule has 0 fully saturated rings. The highest BCUT2D eigenvalue weighted by atomic mass is 35.5. The van der Waals surface area contributed by atoms with Crippen LogP contribution in [0.3, 0.4) is 0 Å². The molecule has 0 saturated carbocycles. The van der Waals surface area contributed by atoms with Gasteiger partial charge in [0.2, 0.25) is 0 Å². The molecule has 0 bridgehead atoms. The molecule has 2 heterocycles. The number of hydrogen-bond donors (Lipinski definition) is 0. The summed E-state index contributed by atoms with van der Waals surface area (Å²) in [5, 5.41) is 4.92. The fraction of sp³-hybridized carbons (Fsp3) is 0.250. The maximum atomic E-state index is 5.88. The Balaban J connectivity index is 2.87.